The third kappa shape index (κ3) is 4.40. The van der Waals surface area contributed by atoms with Crippen LogP contribution in [0.1, 0.15) is 20.8 Å². The van der Waals surface area contributed by atoms with Crippen LogP contribution in [0.4, 0.5) is 0 Å². The Hall–Kier alpha value is -2.76. The molecule has 0 aromatic carbocycles. The van der Waals surface area contributed by atoms with E-state index in [2.05, 4.69) is 9.97 Å². The van der Waals surface area contributed by atoms with E-state index in [0.717, 1.165) is 0 Å². The lowest BCUT2D eigenvalue weighted by atomic mass is 10.3. The van der Waals surface area contributed by atoms with E-state index in [-0.39, 0.29) is 5.56 Å². The molecule has 6 heteroatoms. The molecule has 2 aromatic heterocycles. The molecule has 0 atom stereocenters. The molecule has 0 aliphatic heterocycles. The van der Waals surface area contributed by atoms with Gasteiger partial charge in [-0.15, -0.1) is 0 Å². The van der Waals surface area contributed by atoms with Gasteiger partial charge in [0.1, 0.15) is 5.69 Å². The lowest BCUT2D eigenvalue weighted by Crippen LogP contribution is -2.12. The predicted molar refractivity (Wildman–Crippen MR) is 64.0 cm³/mol. The highest BCUT2D eigenvalue weighted by molar-refractivity contribution is 5.90. The van der Waals surface area contributed by atoms with Crippen LogP contribution in [0.2, 0.25) is 0 Å². The maximum absolute atomic E-state index is 10.4. The van der Waals surface area contributed by atoms with Crippen LogP contribution in [0.15, 0.2) is 48.9 Å². The van der Waals surface area contributed by atoms with Gasteiger partial charge >= 0.3 is 5.97 Å². The van der Waals surface area contributed by atoms with Crippen molar-refractivity contribution in [2.45, 2.75) is 0 Å². The summed E-state index contributed by atoms with van der Waals surface area (Å²) in [7, 11) is 0. The molecule has 92 valence electrons. The van der Waals surface area contributed by atoms with E-state index in [1.807, 2.05) is 0 Å². The molecule has 6 nitrogen and oxygen atoms in total. The fourth-order valence-corrected chi connectivity index (χ4v) is 0.998. The van der Waals surface area contributed by atoms with Gasteiger partial charge in [0.25, 0.3) is 5.91 Å². The number of pyridine rings is 2. The zero-order valence-electron chi connectivity index (χ0n) is 9.35. The molecule has 2 rings (SSSR count). The van der Waals surface area contributed by atoms with E-state index in [0.29, 0.717) is 5.69 Å². The Bertz CT molecular complexity index is 465. The number of carbonyl (C=O) groups excluding carboxylic acids is 1. The van der Waals surface area contributed by atoms with Gasteiger partial charge in [-0.2, -0.15) is 0 Å². The zero-order chi connectivity index (χ0) is 13.4. The first kappa shape index (κ1) is 13.3. The molecule has 0 spiro atoms. The summed E-state index contributed by atoms with van der Waals surface area (Å²) in [5.74, 6) is -1.43. The lowest BCUT2D eigenvalue weighted by Gasteiger charge is -1.88. The van der Waals surface area contributed by atoms with Crippen molar-refractivity contribution >= 4 is 11.9 Å². The Balaban J connectivity index is 0.000000180. The van der Waals surface area contributed by atoms with Crippen molar-refractivity contribution in [1.29, 1.82) is 0 Å². The third-order valence-corrected chi connectivity index (χ3v) is 1.83. The number of primary amides is 1. The average molecular weight is 245 g/mol. The molecule has 0 bridgehead atoms. The maximum atomic E-state index is 10.4. The summed E-state index contributed by atoms with van der Waals surface area (Å²) >= 11 is 0. The van der Waals surface area contributed by atoms with Crippen LogP contribution >= 0.6 is 0 Å². The summed E-state index contributed by atoms with van der Waals surface area (Å²) in [6.45, 7) is 0. The first-order chi connectivity index (χ1) is 8.61. The summed E-state index contributed by atoms with van der Waals surface area (Å²) < 4.78 is 0. The van der Waals surface area contributed by atoms with E-state index in [9.17, 15) is 9.59 Å². The second kappa shape index (κ2) is 6.74. The van der Waals surface area contributed by atoms with Crippen LogP contribution in [0.3, 0.4) is 0 Å². The standard InChI is InChI=1S/C6H6N2O.C6H5NO2/c7-6(9)5-3-1-2-4-8-5;8-6(9)5-2-1-3-7-4-5/h1-4H,(H2,7,9);1-4H,(H,8,9). The van der Waals surface area contributed by atoms with Gasteiger partial charge in [0.2, 0.25) is 0 Å². The van der Waals surface area contributed by atoms with Crippen LogP contribution in [0.25, 0.3) is 0 Å². The Labute approximate surface area is 103 Å². The number of aromatic carboxylic acids is 1. The molecule has 0 aliphatic carbocycles. The van der Waals surface area contributed by atoms with Crippen molar-refractivity contribution in [3.8, 4) is 0 Å². The number of aromatic nitrogens is 2. The highest BCUT2D eigenvalue weighted by atomic mass is 16.4. The van der Waals surface area contributed by atoms with Gasteiger partial charge in [0.05, 0.1) is 5.56 Å². The number of rotatable bonds is 2. The van der Waals surface area contributed by atoms with Gasteiger partial charge < -0.3 is 10.8 Å². The van der Waals surface area contributed by atoms with Gasteiger partial charge in [0, 0.05) is 18.6 Å². The van der Waals surface area contributed by atoms with Crippen LogP contribution < -0.4 is 5.73 Å². The fraction of sp³-hybridized carbons (Fsp3) is 0. The van der Waals surface area contributed by atoms with Crippen molar-refractivity contribution in [3.63, 3.8) is 0 Å². The Kier molecular flexibility index (Phi) is 4.98. The SMILES string of the molecule is NC(=O)c1ccccn1.O=C(O)c1cccnc1. The number of nitrogens with zero attached hydrogens (tertiary/aromatic N) is 2. The van der Waals surface area contributed by atoms with Gasteiger partial charge in [-0.3, -0.25) is 14.8 Å². The molecule has 3 N–H and O–H groups in total. The first-order valence-electron chi connectivity index (χ1n) is 4.95. The number of hydrogen-bond acceptors (Lipinski definition) is 4. The van der Waals surface area contributed by atoms with Crippen molar-refractivity contribution in [2.24, 2.45) is 5.73 Å². The van der Waals surface area contributed by atoms with Gasteiger partial charge in [0.15, 0.2) is 0 Å². The lowest BCUT2D eigenvalue weighted by molar-refractivity contribution is 0.0696. The molecular formula is C12H11N3O3. The number of carboxylic acids is 1. The van der Waals surface area contributed by atoms with E-state index in [4.69, 9.17) is 10.8 Å². The molecule has 0 aliphatic rings. The molecule has 0 saturated heterocycles. The number of hydrogen-bond donors (Lipinski definition) is 2. The van der Waals surface area contributed by atoms with Crippen molar-refractivity contribution in [3.05, 3.63) is 60.2 Å². The van der Waals surface area contributed by atoms with Crippen molar-refractivity contribution in [1.82, 2.24) is 9.97 Å². The van der Waals surface area contributed by atoms with Crippen molar-refractivity contribution < 1.29 is 14.7 Å². The molecule has 2 heterocycles. The minimum absolute atomic E-state index is 0.220. The topological polar surface area (TPSA) is 106 Å². The monoisotopic (exact) mass is 245 g/mol. The predicted octanol–water partition coefficient (Wildman–Crippen LogP) is 0.960. The molecular weight excluding hydrogens is 234 g/mol. The molecule has 1 amide bonds. The quantitative estimate of drug-likeness (QED) is 0.819. The minimum Gasteiger partial charge on any atom is -0.478 e. The zero-order valence-corrected chi connectivity index (χ0v) is 9.35. The van der Waals surface area contributed by atoms with E-state index >= 15 is 0 Å². The molecule has 0 radical (unpaired) electrons. The Morgan fingerprint density at radius 1 is 1.11 bits per heavy atom. The molecule has 0 unspecified atom stereocenters. The maximum Gasteiger partial charge on any atom is 0.337 e. The van der Waals surface area contributed by atoms with E-state index in [1.54, 1.807) is 24.3 Å². The summed E-state index contributed by atoms with van der Waals surface area (Å²) in [5.41, 5.74) is 5.44. The van der Waals surface area contributed by atoms with E-state index in [1.165, 1.54) is 24.7 Å². The minimum atomic E-state index is -0.942. The van der Waals surface area contributed by atoms with Crippen LogP contribution in [-0.4, -0.2) is 27.0 Å². The Morgan fingerprint density at radius 3 is 2.22 bits per heavy atom. The van der Waals surface area contributed by atoms with Crippen LogP contribution in [0, 0.1) is 0 Å². The number of carbonyl (C=O) groups is 2. The number of carboxylic acid groups (broad SMARTS) is 1. The highest BCUT2D eigenvalue weighted by Crippen LogP contribution is 1.93. The smallest absolute Gasteiger partial charge is 0.337 e. The molecule has 2 aromatic rings. The van der Waals surface area contributed by atoms with Crippen LogP contribution in [-0.2, 0) is 0 Å². The Morgan fingerprint density at radius 2 is 1.89 bits per heavy atom. The molecule has 0 saturated carbocycles. The van der Waals surface area contributed by atoms with Crippen LogP contribution in [0.5, 0.6) is 0 Å². The normalized spacial score (nSPS) is 8.89. The first-order valence-corrected chi connectivity index (χ1v) is 4.95. The fourth-order valence-electron chi connectivity index (χ4n) is 0.998. The number of nitrogens with two attached hydrogens (primary N) is 1. The van der Waals surface area contributed by atoms with Gasteiger partial charge in [-0.05, 0) is 24.3 Å². The number of amides is 1. The second-order valence-electron chi connectivity index (χ2n) is 3.13. The third-order valence-electron chi connectivity index (χ3n) is 1.83. The van der Waals surface area contributed by atoms with Gasteiger partial charge in [-0.1, -0.05) is 6.07 Å². The molecule has 0 fully saturated rings. The summed E-state index contributed by atoms with van der Waals surface area (Å²) in [6.07, 6.45) is 4.37. The summed E-state index contributed by atoms with van der Waals surface area (Å²) in [5, 5.41) is 8.34. The summed E-state index contributed by atoms with van der Waals surface area (Å²) in [6, 6.07) is 8.10. The van der Waals surface area contributed by atoms with Crippen molar-refractivity contribution in [2.75, 3.05) is 0 Å². The van der Waals surface area contributed by atoms with E-state index < -0.39 is 11.9 Å². The average Bonchev–Trinajstić information content (AvgIpc) is 2.41. The highest BCUT2D eigenvalue weighted by Gasteiger charge is 1.97. The van der Waals surface area contributed by atoms with Gasteiger partial charge in [-0.25, -0.2) is 4.79 Å². The summed E-state index contributed by atoms with van der Waals surface area (Å²) in [4.78, 5) is 27.9. The largest absolute Gasteiger partial charge is 0.478 e. The molecule has 18 heavy (non-hydrogen) atoms. The second-order valence-corrected chi connectivity index (χ2v) is 3.13.